The zero-order valence-corrected chi connectivity index (χ0v) is 20.4. The molecule has 0 aromatic heterocycles. The van der Waals surface area contributed by atoms with E-state index in [2.05, 4.69) is 5.32 Å². The number of thiocarbonyl (C=S) groups is 1. The maximum Gasteiger partial charge on any atom is 0.267 e. The molecule has 2 aromatic rings. The van der Waals surface area contributed by atoms with Crippen molar-refractivity contribution in [3.8, 4) is 0 Å². The van der Waals surface area contributed by atoms with Crippen LogP contribution in [0.2, 0.25) is 0 Å². The largest absolute Gasteiger partial charge is 0.324 e. The van der Waals surface area contributed by atoms with Crippen molar-refractivity contribution in [2.75, 3.05) is 23.3 Å². The third-order valence-corrected chi connectivity index (χ3v) is 7.14. The number of fused-ring (bicyclic) bond motifs is 1. The highest BCUT2D eigenvalue weighted by atomic mass is 32.2. The number of hydrogen-bond acceptors (Lipinski definition) is 5. The Bertz CT molecular complexity index is 1210. The summed E-state index contributed by atoms with van der Waals surface area (Å²) in [5.41, 5.74) is 4.36. The lowest BCUT2D eigenvalue weighted by molar-refractivity contribution is -0.122. The minimum atomic E-state index is -0.358. The summed E-state index contributed by atoms with van der Waals surface area (Å²) in [5, 5.41) is 2.90. The average molecular weight is 480 g/mol. The highest BCUT2D eigenvalue weighted by molar-refractivity contribution is 8.26. The summed E-state index contributed by atoms with van der Waals surface area (Å²) in [7, 11) is 0. The molecule has 2 aliphatic heterocycles. The first-order valence-corrected chi connectivity index (χ1v) is 12.1. The molecule has 1 saturated heterocycles. The minimum Gasteiger partial charge on any atom is -0.324 e. The molecule has 4 rings (SSSR count). The second-order valence-corrected chi connectivity index (χ2v) is 9.80. The molecule has 1 N–H and O–H groups in total. The number of carbonyl (C=O) groups excluding carboxylic acids is 3. The molecule has 3 amide bonds. The Morgan fingerprint density at radius 2 is 1.82 bits per heavy atom. The highest BCUT2D eigenvalue weighted by Crippen LogP contribution is 2.44. The van der Waals surface area contributed by atoms with Gasteiger partial charge in [0.25, 0.3) is 11.8 Å². The van der Waals surface area contributed by atoms with E-state index >= 15 is 0 Å². The van der Waals surface area contributed by atoms with Crippen molar-refractivity contribution < 1.29 is 14.4 Å². The first-order valence-electron chi connectivity index (χ1n) is 10.9. The fourth-order valence-corrected chi connectivity index (χ4v) is 5.38. The Kier molecular flexibility index (Phi) is 6.67. The molecule has 33 heavy (non-hydrogen) atoms. The Labute approximate surface area is 203 Å². The fraction of sp³-hybridized carbons (Fsp3) is 0.280. The molecule has 0 atom stereocenters. The second kappa shape index (κ2) is 9.49. The van der Waals surface area contributed by atoms with Crippen LogP contribution in [0.3, 0.4) is 0 Å². The van der Waals surface area contributed by atoms with Crippen molar-refractivity contribution in [1.82, 2.24) is 4.90 Å². The van der Waals surface area contributed by atoms with E-state index in [0.717, 1.165) is 35.7 Å². The Morgan fingerprint density at radius 1 is 1.06 bits per heavy atom. The topological polar surface area (TPSA) is 69.7 Å². The number of amides is 3. The monoisotopic (exact) mass is 479 g/mol. The lowest BCUT2D eigenvalue weighted by atomic mass is 10.1. The summed E-state index contributed by atoms with van der Waals surface area (Å²) in [6.45, 7) is 6.36. The van der Waals surface area contributed by atoms with Crippen LogP contribution in [0.15, 0.2) is 47.4 Å². The number of rotatable bonds is 6. The maximum absolute atomic E-state index is 13.5. The SMILES string of the molecule is CCCCN1C(=O)C(=C2C(=O)N(CC(=O)Nc3ccc(C)cc3C)c3ccccc32)SC1=S. The van der Waals surface area contributed by atoms with Crippen LogP contribution < -0.4 is 10.2 Å². The summed E-state index contributed by atoms with van der Waals surface area (Å²) in [4.78, 5) is 42.8. The van der Waals surface area contributed by atoms with Crippen LogP contribution in [0, 0.1) is 13.8 Å². The Balaban J connectivity index is 1.63. The van der Waals surface area contributed by atoms with E-state index in [1.54, 1.807) is 11.0 Å². The zero-order valence-electron chi connectivity index (χ0n) is 18.8. The first-order chi connectivity index (χ1) is 15.8. The Morgan fingerprint density at radius 3 is 2.55 bits per heavy atom. The molecule has 0 saturated carbocycles. The molecule has 2 heterocycles. The first kappa shape index (κ1) is 23.2. The van der Waals surface area contributed by atoms with Gasteiger partial charge in [-0.3, -0.25) is 24.2 Å². The number of thioether (sulfide) groups is 1. The molecule has 0 bridgehead atoms. The highest BCUT2D eigenvalue weighted by Gasteiger charge is 2.42. The molecule has 170 valence electrons. The van der Waals surface area contributed by atoms with Gasteiger partial charge in [-0.05, 0) is 38.0 Å². The van der Waals surface area contributed by atoms with Gasteiger partial charge in [-0.1, -0.05) is 73.2 Å². The van der Waals surface area contributed by atoms with E-state index in [-0.39, 0.29) is 24.3 Å². The fourth-order valence-electron chi connectivity index (χ4n) is 4.00. The number of para-hydroxylation sites is 1. The van der Waals surface area contributed by atoms with Gasteiger partial charge in [-0.25, -0.2) is 0 Å². The quantitative estimate of drug-likeness (QED) is 0.482. The van der Waals surface area contributed by atoms with Crippen molar-refractivity contribution in [2.45, 2.75) is 33.6 Å². The molecular weight excluding hydrogens is 454 g/mol. The molecule has 8 heteroatoms. The lowest BCUT2D eigenvalue weighted by Gasteiger charge is -2.17. The van der Waals surface area contributed by atoms with E-state index in [1.807, 2.05) is 57.2 Å². The third-order valence-electron chi connectivity index (χ3n) is 5.69. The number of nitrogens with one attached hydrogen (secondary N) is 1. The van der Waals surface area contributed by atoms with Crippen LogP contribution in [-0.2, 0) is 14.4 Å². The number of unbranched alkanes of at least 4 members (excludes halogenated alkanes) is 1. The second-order valence-electron chi connectivity index (χ2n) is 8.16. The number of nitrogens with zero attached hydrogens (tertiary/aromatic N) is 2. The standard InChI is InChI=1S/C25H25N3O3S2/c1-4-5-12-27-24(31)22(33-25(27)32)21-17-8-6-7-9-19(17)28(23(21)30)14-20(29)26-18-11-10-15(2)13-16(18)3/h6-11,13H,4-5,12,14H2,1-3H3,(H,26,29). The number of hydrogen-bond donors (Lipinski definition) is 1. The van der Waals surface area contributed by atoms with Gasteiger partial charge < -0.3 is 5.32 Å². The van der Waals surface area contributed by atoms with Crippen molar-refractivity contribution in [1.29, 1.82) is 0 Å². The molecule has 2 aromatic carbocycles. The van der Waals surface area contributed by atoms with Crippen LogP contribution in [0.1, 0.15) is 36.5 Å². The lowest BCUT2D eigenvalue weighted by Crippen LogP contribution is -2.35. The Hall–Kier alpha value is -2.97. The molecule has 2 aliphatic rings. The van der Waals surface area contributed by atoms with Gasteiger partial charge in [-0.2, -0.15) is 0 Å². The van der Waals surface area contributed by atoms with Crippen LogP contribution in [0.25, 0.3) is 5.57 Å². The number of anilines is 2. The van der Waals surface area contributed by atoms with E-state index in [0.29, 0.717) is 38.3 Å². The van der Waals surface area contributed by atoms with Crippen LogP contribution in [0.5, 0.6) is 0 Å². The van der Waals surface area contributed by atoms with Crippen molar-refractivity contribution in [3.63, 3.8) is 0 Å². The molecule has 0 unspecified atom stereocenters. The van der Waals surface area contributed by atoms with E-state index in [1.165, 1.54) is 4.90 Å². The van der Waals surface area contributed by atoms with Gasteiger partial charge in [0.2, 0.25) is 5.91 Å². The predicted octanol–water partition coefficient (Wildman–Crippen LogP) is 4.66. The normalized spacial score (nSPS) is 17.7. The van der Waals surface area contributed by atoms with E-state index in [9.17, 15) is 14.4 Å². The summed E-state index contributed by atoms with van der Waals surface area (Å²) in [6.07, 6.45) is 1.78. The van der Waals surface area contributed by atoms with Crippen molar-refractivity contribution in [3.05, 3.63) is 64.1 Å². The zero-order chi connectivity index (χ0) is 23.7. The van der Waals surface area contributed by atoms with Gasteiger partial charge in [0.1, 0.15) is 10.9 Å². The summed E-state index contributed by atoms with van der Waals surface area (Å²) in [5.74, 6) is -0.900. The third kappa shape index (κ3) is 4.45. The van der Waals surface area contributed by atoms with Gasteiger partial charge in [-0.15, -0.1) is 0 Å². The smallest absolute Gasteiger partial charge is 0.267 e. The molecule has 1 fully saturated rings. The number of aryl methyl sites for hydroxylation is 2. The number of benzene rings is 2. The maximum atomic E-state index is 13.5. The summed E-state index contributed by atoms with van der Waals surface area (Å²) in [6, 6.07) is 13.0. The molecule has 0 radical (unpaired) electrons. The van der Waals surface area contributed by atoms with E-state index < -0.39 is 0 Å². The minimum absolute atomic E-state index is 0.150. The summed E-state index contributed by atoms with van der Waals surface area (Å²) < 4.78 is 0.465. The summed E-state index contributed by atoms with van der Waals surface area (Å²) >= 11 is 6.58. The van der Waals surface area contributed by atoms with Gasteiger partial charge in [0, 0.05) is 17.8 Å². The van der Waals surface area contributed by atoms with E-state index in [4.69, 9.17) is 12.2 Å². The number of carbonyl (C=O) groups is 3. The van der Waals surface area contributed by atoms with Crippen molar-refractivity contribution in [2.24, 2.45) is 0 Å². The van der Waals surface area contributed by atoms with Gasteiger partial charge in [0.15, 0.2) is 0 Å². The van der Waals surface area contributed by atoms with Gasteiger partial charge >= 0.3 is 0 Å². The van der Waals surface area contributed by atoms with Gasteiger partial charge in [0.05, 0.1) is 16.2 Å². The predicted molar refractivity (Wildman–Crippen MR) is 137 cm³/mol. The molecular formula is C25H25N3O3S2. The molecule has 0 spiro atoms. The molecule has 6 nitrogen and oxygen atoms in total. The van der Waals surface area contributed by atoms with Crippen LogP contribution in [0.4, 0.5) is 11.4 Å². The average Bonchev–Trinajstić information content (AvgIpc) is 3.21. The van der Waals surface area contributed by atoms with Crippen LogP contribution >= 0.6 is 24.0 Å². The van der Waals surface area contributed by atoms with Crippen LogP contribution in [-0.4, -0.2) is 40.0 Å². The molecule has 0 aliphatic carbocycles. The van der Waals surface area contributed by atoms with Crippen molar-refractivity contribution >= 4 is 63.0 Å².